The maximum absolute atomic E-state index is 13.3. The van der Waals surface area contributed by atoms with Gasteiger partial charge >= 0.3 is 5.97 Å². The third kappa shape index (κ3) is 7.28. The first-order valence-electron chi connectivity index (χ1n) is 11.4. The molecule has 0 saturated carbocycles. The minimum Gasteiger partial charge on any atom is -0.493 e. The molecule has 3 aromatic rings. The highest BCUT2D eigenvalue weighted by Gasteiger charge is 2.26. The zero-order chi connectivity index (χ0) is 27.2. The fourth-order valence-corrected chi connectivity index (χ4v) is 4.73. The Labute approximate surface area is 226 Å². The summed E-state index contributed by atoms with van der Waals surface area (Å²) in [6.07, 6.45) is 2.41. The van der Waals surface area contributed by atoms with Gasteiger partial charge in [-0.3, -0.25) is 14.5 Å². The second kappa shape index (κ2) is 12.5. The molecule has 2 unspecified atom stereocenters. The molecule has 0 radical (unpaired) electrons. The quantitative estimate of drug-likeness (QED) is 0.292. The summed E-state index contributed by atoms with van der Waals surface area (Å²) >= 11 is 12.7. The third-order valence-electron chi connectivity index (χ3n) is 5.80. The normalized spacial score (nSPS) is 12.9. The van der Waals surface area contributed by atoms with E-state index in [2.05, 4.69) is 9.71 Å². The molecule has 0 saturated heterocycles. The van der Waals surface area contributed by atoms with Crippen molar-refractivity contribution in [2.45, 2.75) is 32.3 Å². The molecule has 1 aromatic heterocycles. The molecule has 1 N–H and O–H groups in total. The largest absolute Gasteiger partial charge is 0.493 e. The van der Waals surface area contributed by atoms with Crippen LogP contribution in [0, 0.1) is 0 Å². The van der Waals surface area contributed by atoms with Crippen LogP contribution in [0.3, 0.4) is 0 Å². The Morgan fingerprint density at radius 2 is 1.57 bits per heavy atom. The number of pyridine rings is 1. The zero-order valence-electron chi connectivity index (χ0n) is 20.8. The van der Waals surface area contributed by atoms with Gasteiger partial charge in [0.2, 0.25) is 10.0 Å². The van der Waals surface area contributed by atoms with E-state index in [0.717, 1.165) is 0 Å². The van der Waals surface area contributed by atoms with Crippen molar-refractivity contribution in [3.8, 4) is 11.5 Å². The molecule has 0 fully saturated rings. The van der Waals surface area contributed by atoms with E-state index in [-0.39, 0.29) is 12.2 Å². The maximum Gasteiger partial charge on any atom is 0.313 e. The Morgan fingerprint density at radius 1 is 0.973 bits per heavy atom. The Morgan fingerprint density at radius 3 is 2.14 bits per heavy atom. The molecule has 0 bridgehead atoms. The van der Waals surface area contributed by atoms with Crippen molar-refractivity contribution in [1.29, 1.82) is 0 Å². The molecular weight excluding hydrogens is 539 g/mol. The number of hydrogen-bond donors (Lipinski definition) is 1. The number of sulfonamides is 1. The number of carbonyl (C=O) groups excluding carboxylic acids is 1. The van der Waals surface area contributed by atoms with E-state index >= 15 is 0 Å². The van der Waals surface area contributed by atoms with Crippen LogP contribution in [-0.4, -0.2) is 39.3 Å². The van der Waals surface area contributed by atoms with Crippen LogP contribution in [0.2, 0.25) is 10.0 Å². The summed E-state index contributed by atoms with van der Waals surface area (Å²) in [6, 6.07) is 11.8. The van der Waals surface area contributed by atoms with Gasteiger partial charge in [0.25, 0.3) is 0 Å². The van der Waals surface area contributed by atoms with E-state index < -0.39 is 28.0 Å². The summed E-state index contributed by atoms with van der Waals surface area (Å²) < 4.78 is 42.8. The molecule has 0 aliphatic heterocycles. The molecule has 1 heterocycles. The lowest BCUT2D eigenvalue weighted by Gasteiger charge is -2.23. The topological polar surface area (TPSA) is 104 Å². The number of hydrogen-bond acceptors (Lipinski definition) is 7. The number of ether oxygens (including phenoxy) is 3. The smallest absolute Gasteiger partial charge is 0.313 e. The van der Waals surface area contributed by atoms with E-state index in [1.165, 1.54) is 26.6 Å². The van der Waals surface area contributed by atoms with Gasteiger partial charge in [0, 0.05) is 24.5 Å². The van der Waals surface area contributed by atoms with Gasteiger partial charge in [-0.05, 0) is 54.8 Å². The van der Waals surface area contributed by atoms with Gasteiger partial charge < -0.3 is 14.2 Å². The first kappa shape index (κ1) is 28.6. The van der Waals surface area contributed by atoms with Crippen LogP contribution >= 0.6 is 23.2 Å². The van der Waals surface area contributed by atoms with Crippen molar-refractivity contribution in [1.82, 2.24) is 4.98 Å². The van der Waals surface area contributed by atoms with E-state index in [1.54, 1.807) is 56.3 Å². The molecule has 8 nitrogen and oxygen atoms in total. The molecule has 198 valence electrons. The zero-order valence-corrected chi connectivity index (χ0v) is 23.2. The van der Waals surface area contributed by atoms with E-state index in [4.69, 9.17) is 37.4 Å². The molecule has 0 aliphatic rings. The fourth-order valence-electron chi connectivity index (χ4n) is 3.57. The average Bonchev–Trinajstić information content (AvgIpc) is 2.89. The molecule has 37 heavy (non-hydrogen) atoms. The van der Waals surface area contributed by atoms with Gasteiger partial charge in [-0.25, -0.2) is 8.42 Å². The third-order valence-corrected chi connectivity index (χ3v) is 7.76. The second-order valence-electron chi connectivity index (χ2n) is 8.17. The Bertz CT molecular complexity index is 1330. The van der Waals surface area contributed by atoms with Gasteiger partial charge in [0.05, 0.1) is 35.9 Å². The van der Waals surface area contributed by atoms with Gasteiger partial charge in [-0.15, -0.1) is 0 Å². The maximum atomic E-state index is 13.3. The lowest BCUT2D eigenvalue weighted by atomic mass is 9.99. The lowest BCUT2D eigenvalue weighted by Crippen LogP contribution is -2.19. The average molecular weight is 567 g/mol. The van der Waals surface area contributed by atoms with Crippen molar-refractivity contribution < 1.29 is 27.4 Å². The van der Waals surface area contributed by atoms with Gasteiger partial charge in [0.1, 0.15) is 6.10 Å². The van der Waals surface area contributed by atoms with Crippen LogP contribution in [0.5, 0.6) is 11.5 Å². The number of nitrogens with zero attached hydrogens (tertiary/aromatic N) is 1. The number of anilines is 1. The van der Waals surface area contributed by atoms with Crippen molar-refractivity contribution in [2.24, 2.45) is 0 Å². The van der Waals surface area contributed by atoms with E-state index in [9.17, 15) is 13.2 Å². The number of rotatable bonds is 11. The molecule has 2 atom stereocenters. The van der Waals surface area contributed by atoms with Crippen molar-refractivity contribution in [2.75, 3.05) is 24.7 Å². The second-order valence-corrected chi connectivity index (χ2v) is 11.0. The molecule has 3 rings (SSSR count). The van der Waals surface area contributed by atoms with E-state index in [0.29, 0.717) is 43.9 Å². The lowest BCUT2D eigenvalue weighted by molar-refractivity contribution is -0.151. The van der Waals surface area contributed by atoms with Gasteiger partial charge in [0.15, 0.2) is 11.5 Å². The summed E-state index contributed by atoms with van der Waals surface area (Å²) in [4.78, 5) is 17.2. The molecular formula is C26H28Cl2N2O6S. The van der Waals surface area contributed by atoms with Crippen molar-refractivity contribution >= 4 is 44.9 Å². The van der Waals surface area contributed by atoms with Gasteiger partial charge in [-0.2, -0.15) is 0 Å². The minimum atomic E-state index is -3.40. The standard InChI is InChI=1S/C26H28Cl2N2O6S/c1-5-37(32,33)30-19-9-6-17(7-10-19)16(2)26(31)36-24(13-20-21(27)14-29-15-22(20)28)18-8-11-23(34-3)25(12-18)35-4/h6-12,14-16,24,30H,5,13H2,1-4H3. The number of methoxy groups -OCH3 is 2. The van der Waals surface area contributed by atoms with Crippen LogP contribution < -0.4 is 14.2 Å². The SMILES string of the molecule is CCS(=O)(=O)Nc1ccc(C(C)C(=O)OC(Cc2c(Cl)cncc2Cl)c2ccc(OC)c(OC)c2)cc1. The summed E-state index contributed by atoms with van der Waals surface area (Å²) in [7, 11) is -0.350. The Balaban J connectivity index is 1.88. The number of carbonyl (C=O) groups is 1. The van der Waals surface area contributed by atoms with Crippen LogP contribution in [0.4, 0.5) is 5.69 Å². The first-order chi connectivity index (χ1) is 17.6. The van der Waals surface area contributed by atoms with Crippen LogP contribution in [0.1, 0.15) is 42.6 Å². The predicted octanol–water partition coefficient (Wildman–Crippen LogP) is 5.80. The summed E-state index contributed by atoms with van der Waals surface area (Å²) in [5.74, 6) is -0.152. The van der Waals surface area contributed by atoms with E-state index in [1.807, 2.05) is 0 Å². The highest BCUT2D eigenvalue weighted by molar-refractivity contribution is 7.92. The van der Waals surface area contributed by atoms with Crippen LogP contribution in [0.15, 0.2) is 54.9 Å². The minimum absolute atomic E-state index is 0.0411. The molecule has 11 heteroatoms. The number of benzene rings is 2. The van der Waals surface area contributed by atoms with Crippen LogP contribution in [-0.2, 0) is 26.0 Å². The predicted molar refractivity (Wildman–Crippen MR) is 144 cm³/mol. The molecule has 0 aliphatic carbocycles. The Kier molecular flexibility index (Phi) is 9.64. The van der Waals surface area contributed by atoms with Crippen molar-refractivity contribution in [3.05, 3.63) is 81.6 Å². The van der Waals surface area contributed by atoms with Crippen molar-refractivity contribution in [3.63, 3.8) is 0 Å². The van der Waals surface area contributed by atoms with Gasteiger partial charge in [-0.1, -0.05) is 41.4 Å². The molecule has 0 spiro atoms. The molecule has 0 amide bonds. The molecule has 2 aromatic carbocycles. The first-order valence-corrected chi connectivity index (χ1v) is 13.8. The number of halogens is 2. The summed E-state index contributed by atoms with van der Waals surface area (Å²) in [6.45, 7) is 3.27. The fraction of sp³-hybridized carbons (Fsp3) is 0.308. The Hall–Kier alpha value is -3.01. The monoisotopic (exact) mass is 566 g/mol. The highest BCUT2D eigenvalue weighted by Crippen LogP contribution is 2.36. The number of esters is 1. The summed E-state index contributed by atoms with van der Waals surface area (Å²) in [5, 5.41) is 0.708. The van der Waals surface area contributed by atoms with Crippen LogP contribution in [0.25, 0.3) is 0 Å². The summed E-state index contributed by atoms with van der Waals surface area (Å²) in [5.41, 5.74) is 2.32. The highest BCUT2D eigenvalue weighted by atomic mass is 35.5. The number of nitrogens with one attached hydrogen (secondary N) is 1. The number of aromatic nitrogens is 1.